The SMILES string of the molecule is COc1ccc(NC(=O)Cc2ccc(C)cc2)c(OC)c1. The average Bonchev–Trinajstić information content (AvgIpc) is 2.50. The van der Waals surface area contributed by atoms with Crippen molar-refractivity contribution in [3.63, 3.8) is 0 Å². The number of nitrogens with one attached hydrogen (secondary N) is 1. The molecular formula is C17H19NO3. The minimum atomic E-state index is -0.0812. The van der Waals surface area contributed by atoms with Gasteiger partial charge in [-0.05, 0) is 24.6 Å². The summed E-state index contributed by atoms with van der Waals surface area (Å²) in [5.41, 5.74) is 2.79. The molecule has 0 fully saturated rings. The van der Waals surface area contributed by atoms with Gasteiger partial charge >= 0.3 is 0 Å². The Labute approximate surface area is 124 Å². The molecule has 0 aliphatic rings. The Bertz CT molecular complexity index is 620. The van der Waals surface area contributed by atoms with Crippen LogP contribution in [-0.4, -0.2) is 20.1 Å². The van der Waals surface area contributed by atoms with Crippen LogP contribution in [0.1, 0.15) is 11.1 Å². The van der Waals surface area contributed by atoms with Gasteiger partial charge in [0.25, 0.3) is 0 Å². The lowest BCUT2D eigenvalue weighted by Gasteiger charge is -2.11. The molecule has 1 N–H and O–H groups in total. The number of methoxy groups -OCH3 is 2. The molecule has 4 heteroatoms. The molecule has 0 unspecified atom stereocenters. The second kappa shape index (κ2) is 6.79. The minimum Gasteiger partial charge on any atom is -0.497 e. The zero-order valence-corrected chi connectivity index (χ0v) is 12.5. The smallest absolute Gasteiger partial charge is 0.228 e. The van der Waals surface area contributed by atoms with Crippen molar-refractivity contribution in [2.75, 3.05) is 19.5 Å². The third-order valence-corrected chi connectivity index (χ3v) is 3.17. The van der Waals surface area contributed by atoms with Gasteiger partial charge in [0.15, 0.2) is 0 Å². The Kier molecular flexibility index (Phi) is 4.82. The third kappa shape index (κ3) is 3.99. The maximum atomic E-state index is 12.1. The summed E-state index contributed by atoms with van der Waals surface area (Å²) in [4.78, 5) is 12.1. The maximum absolute atomic E-state index is 12.1. The van der Waals surface area contributed by atoms with Crippen LogP contribution in [0.5, 0.6) is 11.5 Å². The van der Waals surface area contributed by atoms with E-state index in [2.05, 4.69) is 5.32 Å². The summed E-state index contributed by atoms with van der Waals surface area (Å²) < 4.78 is 10.4. The topological polar surface area (TPSA) is 47.6 Å². The van der Waals surface area contributed by atoms with Crippen molar-refractivity contribution in [1.29, 1.82) is 0 Å². The summed E-state index contributed by atoms with van der Waals surface area (Å²) in [7, 11) is 3.15. The standard InChI is InChI=1S/C17H19NO3/c1-12-4-6-13(7-5-12)10-17(19)18-15-9-8-14(20-2)11-16(15)21-3/h4-9,11H,10H2,1-3H3,(H,18,19). The number of aryl methyl sites for hydroxylation is 1. The highest BCUT2D eigenvalue weighted by Crippen LogP contribution is 2.29. The second-order valence-electron chi connectivity index (χ2n) is 4.78. The number of benzene rings is 2. The highest BCUT2D eigenvalue weighted by Gasteiger charge is 2.09. The molecule has 0 aliphatic heterocycles. The molecule has 0 heterocycles. The molecule has 0 spiro atoms. The number of hydrogen-bond acceptors (Lipinski definition) is 3. The summed E-state index contributed by atoms with van der Waals surface area (Å²) >= 11 is 0. The van der Waals surface area contributed by atoms with Crippen LogP contribution in [0.2, 0.25) is 0 Å². The second-order valence-corrected chi connectivity index (χ2v) is 4.78. The van der Waals surface area contributed by atoms with Crippen molar-refractivity contribution in [3.8, 4) is 11.5 Å². The van der Waals surface area contributed by atoms with Crippen molar-refractivity contribution in [1.82, 2.24) is 0 Å². The molecule has 0 aliphatic carbocycles. The van der Waals surface area contributed by atoms with Crippen LogP contribution >= 0.6 is 0 Å². The van der Waals surface area contributed by atoms with Crippen LogP contribution in [-0.2, 0) is 11.2 Å². The monoisotopic (exact) mass is 285 g/mol. The summed E-state index contributed by atoms with van der Waals surface area (Å²) in [5, 5.41) is 2.86. The molecule has 0 saturated carbocycles. The zero-order chi connectivity index (χ0) is 15.2. The third-order valence-electron chi connectivity index (χ3n) is 3.17. The van der Waals surface area contributed by atoms with Crippen molar-refractivity contribution in [3.05, 3.63) is 53.6 Å². The van der Waals surface area contributed by atoms with Crippen molar-refractivity contribution in [2.24, 2.45) is 0 Å². The fraction of sp³-hybridized carbons (Fsp3) is 0.235. The highest BCUT2D eigenvalue weighted by molar-refractivity contribution is 5.93. The fourth-order valence-electron chi connectivity index (χ4n) is 1.99. The molecule has 21 heavy (non-hydrogen) atoms. The predicted octanol–water partition coefficient (Wildman–Crippen LogP) is 3.19. The average molecular weight is 285 g/mol. The number of rotatable bonds is 5. The number of ether oxygens (including phenoxy) is 2. The fourth-order valence-corrected chi connectivity index (χ4v) is 1.99. The number of hydrogen-bond donors (Lipinski definition) is 1. The van der Waals surface area contributed by atoms with Crippen LogP contribution in [0, 0.1) is 6.92 Å². The summed E-state index contributed by atoms with van der Waals surface area (Å²) in [6.07, 6.45) is 0.329. The maximum Gasteiger partial charge on any atom is 0.228 e. The van der Waals surface area contributed by atoms with Gasteiger partial charge in [-0.25, -0.2) is 0 Å². The molecule has 1 amide bonds. The van der Waals surface area contributed by atoms with E-state index >= 15 is 0 Å². The Morgan fingerprint density at radius 3 is 2.38 bits per heavy atom. The number of anilines is 1. The number of carbonyl (C=O) groups excluding carboxylic acids is 1. The molecular weight excluding hydrogens is 266 g/mol. The van der Waals surface area contributed by atoms with Crippen LogP contribution in [0.15, 0.2) is 42.5 Å². The summed E-state index contributed by atoms with van der Waals surface area (Å²) in [6.45, 7) is 2.02. The molecule has 4 nitrogen and oxygen atoms in total. The Morgan fingerprint density at radius 2 is 1.76 bits per heavy atom. The van der Waals surface area contributed by atoms with Gasteiger partial charge in [0.05, 0.1) is 26.3 Å². The molecule has 0 saturated heterocycles. The predicted molar refractivity (Wildman–Crippen MR) is 83.1 cm³/mol. The lowest BCUT2D eigenvalue weighted by Crippen LogP contribution is -2.15. The molecule has 2 aromatic rings. The molecule has 0 radical (unpaired) electrons. The van der Waals surface area contributed by atoms with Crippen LogP contribution in [0.25, 0.3) is 0 Å². The van der Waals surface area contributed by atoms with E-state index in [0.29, 0.717) is 23.6 Å². The number of amides is 1. The van der Waals surface area contributed by atoms with Gasteiger partial charge in [0.2, 0.25) is 5.91 Å². The lowest BCUT2D eigenvalue weighted by molar-refractivity contribution is -0.115. The van der Waals surface area contributed by atoms with E-state index in [9.17, 15) is 4.79 Å². The minimum absolute atomic E-state index is 0.0812. The van der Waals surface area contributed by atoms with Gasteiger partial charge < -0.3 is 14.8 Å². The zero-order valence-electron chi connectivity index (χ0n) is 12.5. The quantitative estimate of drug-likeness (QED) is 0.917. The molecule has 0 aromatic heterocycles. The van der Waals surface area contributed by atoms with Gasteiger partial charge in [0, 0.05) is 6.07 Å². The first kappa shape index (κ1) is 14.9. The van der Waals surface area contributed by atoms with Gasteiger partial charge in [-0.1, -0.05) is 29.8 Å². The summed E-state index contributed by atoms with van der Waals surface area (Å²) in [6, 6.07) is 13.2. The molecule has 2 aromatic carbocycles. The van der Waals surface area contributed by atoms with E-state index < -0.39 is 0 Å². The van der Waals surface area contributed by atoms with Gasteiger partial charge in [-0.15, -0.1) is 0 Å². The molecule has 0 atom stereocenters. The van der Waals surface area contributed by atoms with Crippen LogP contribution in [0.4, 0.5) is 5.69 Å². The van der Waals surface area contributed by atoms with Gasteiger partial charge in [0.1, 0.15) is 11.5 Å². The first-order chi connectivity index (χ1) is 10.1. The first-order valence-corrected chi connectivity index (χ1v) is 6.70. The Balaban J connectivity index is 2.07. The summed E-state index contributed by atoms with van der Waals surface area (Å²) in [5.74, 6) is 1.18. The van der Waals surface area contributed by atoms with Crippen LogP contribution < -0.4 is 14.8 Å². The van der Waals surface area contributed by atoms with Gasteiger partial charge in [-0.2, -0.15) is 0 Å². The Hall–Kier alpha value is -2.49. The van der Waals surface area contributed by atoms with E-state index in [1.165, 1.54) is 5.56 Å². The van der Waals surface area contributed by atoms with Crippen molar-refractivity contribution >= 4 is 11.6 Å². The largest absolute Gasteiger partial charge is 0.497 e. The van der Waals surface area contributed by atoms with Gasteiger partial charge in [-0.3, -0.25) is 4.79 Å². The van der Waals surface area contributed by atoms with Crippen molar-refractivity contribution in [2.45, 2.75) is 13.3 Å². The van der Waals surface area contributed by atoms with Crippen LogP contribution in [0.3, 0.4) is 0 Å². The molecule has 2 rings (SSSR count). The molecule has 110 valence electrons. The lowest BCUT2D eigenvalue weighted by atomic mass is 10.1. The van der Waals surface area contributed by atoms with E-state index in [1.807, 2.05) is 31.2 Å². The van der Waals surface area contributed by atoms with E-state index in [0.717, 1.165) is 5.56 Å². The first-order valence-electron chi connectivity index (χ1n) is 6.70. The van der Waals surface area contributed by atoms with Crippen molar-refractivity contribution < 1.29 is 14.3 Å². The van der Waals surface area contributed by atoms with E-state index in [1.54, 1.807) is 32.4 Å². The van der Waals surface area contributed by atoms with E-state index in [-0.39, 0.29) is 5.91 Å². The highest BCUT2D eigenvalue weighted by atomic mass is 16.5. The molecule has 0 bridgehead atoms. The van der Waals surface area contributed by atoms with E-state index in [4.69, 9.17) is 9.47 Å². The normalized spacial score (nSPS) is 10.0. The number of carbonyl (C=O) groups is 1. The Morgan fingerprint density at radius 1 is 1.05 bits per heavy atom.